The molecule has 0 atom stereocenters. The van der Waals surface area contributed by atoms with Crippen molar-refractivity contribution >= 4 is 11.6 Å². The smallest absolute Gasteiger partial charge is 0.339 e. The van der Waals surface area contributed by atoms with Gasteiger partial charge in [-0.25, -0.2) is 19.7 Å². The van der Waals surface area contributed by atoms with Gasteiger partial charge in [0.1, 0.15) is 23.2 Å². The lowest BCUT2D eigenvalue weighted by Crippen LogP contribution is -2.03. The molecule has 0 aromatic carbocycles. The number of aromatic carboxylic acids is 1. The first-order valence-electron chi connectivity index (χ1n) is 5.23. The number of hydrogen-bond acceptors (Lipinski definition) is 4. The average Bonchev–Trinajstić information content (AvgIpc) is 2.82. The number of pyridine rings is 1. The maximum absolute atomic E-state index is 11.1. The fourth-order valence-electron chi connectivity index (χ4n) is 1.80. The minimum absolute atomic E-state index is 0.0585. The molecular formula is C12H8N4O2. The summed E-state index contributed by atoms with van der Waals surface area (Å²) in [6, 6.07) is 5.55. The third-order valence-corrected chi connectivity index (χ3v) is 2.60. The zero-order chi connectivity index (χ0) is 12.5. The van der Waals surface area contributed by atoms with E-state index in [0.29, 0.717) is 11.4 Å². The highest BCUT2D eigenvalue weighted by Gasteiger charge is 2.16. The largest absolute Gasteiger partial charge is 0.478 e. The molecule has 88 valence electrons. The van der Waals surface area contributed by atoms with Crippen LogP contribution in [0.5, 0.6) is 0 Å². The van der Waals surface area contributed by atoms with E-state index in [-0.39, 0.29) is 5.56 Å². The van der Waals surface area contributed by atoms with E-state index in [0.717, 1.165) is 5.65 Å². The van der Waals surface area contributed by atoms with Crippen LogP contribution in [0.3, 0.4) is 0 Å². The maximum atomic E-state index is 11.1. The molecule has 0 aliphatic heterocycles. The number of rotatable bonds is 2. The second kappa shape index (κ2) is 3.92. The number of carboxylic acids is 1. The molecule has 0 saturated carbocycles. The molecule has 18 heavy (non-hydrogen) atoms. The Hall–Kier alpha value is -2.76. The minimum atomic E-state index is -1.06. The van der Waals surface area contributed by atoms with Crippen molar-refractivity contribution in [3.8, 4) is 11.4 Å². The number of imidazole rings is 1. The van der Waals surface area contributed by atoms with E-state index in [4.69, 9.17) is 5.11 Å². The van der Waals surface area contributed by atoms with Gasteiger partial charge in [0.25, 0.3) is 0 Å². The molecule has 1 N–H and O–H groups in total. The molecule has 3 aromatic rings. The van der Waals surface area contributed by atoms with Crippen molar-refractivity contribution in [3.63, 3.8) is 0 Å². The van der Waals surface area contributed by atoms with E-state index >= 15 is 0 Å². The molecule has 3 rings (SSSR count). The van der Waals surface area contributed by atoms with Gasteiger partial charge >= 0.3 is 5.97 Å². The van der Waals surface area contributed by atoms with Gasteiger partial charge in [-0.05, 0) is 12.1 Å². The fraction of sp³-hybridized carbons (Fsp3) is 0. The molecule has 6 heteroatoms. The Balaban J connectivity index is 2.30. The van der Waals surface area contributed by atoms with Gasteiger partial charge in [-0.15, -0.1) is 0 Å². The average molecular weight is 240 g/mol. The molecule has 0 unspecified atom stereocenters. The second-order valence-corrected chi connectivity index (χ2v) is 3.66. The van der Waals surface area contributed by atoms with Crippen molar-refractivity contribution in [1.29, 1.82) is 0 Å². The first kappa shape index (κ1) is 10.4. The molecule has 0 spiro atoms. The van der Waals surface area contributed by atoms with Crippen molar-refractivity contribution in [2.45, 2.75) is 0 Å². The minimum Gasteiger partial charge on any atom is -0.478 e. The van der Waals surface area contributed by atoms with E-state index < -0.39 is 5.97 Å². The van der Waals surface area contributed by atoms with Crippen LogP contribution >= 0.6 is 0 Å². The fourth-order valence-corrected chi connectivity index (χ4v) is 1.80. The van der Waals surface area contributed by atoms with Crippen LogP contribution in [0.1, 0.15) is 10.4 Å². The molecule has 0 saturated heterocycles. The van der Waals surface area contributed by atoms with Crippen molar-refractivity contribution in [3.05, 3.63) is 48.7 Å². The molecule has 0 bridgehead atoms. The summed E-state index contributed by atoms with van der Waals surface area (Å²) in [5, 5.41) is 9.13. The van der Waals surface area contributed by atoms with Gasteiger partial charge in [0.2, 0.25) is 0 Å². The van der Waals surface area contributed by atoms with Crippen LogP contribution < -0.4 is 0 Å². The molecule has 6 nitrogen and oxygen atoms in total. The summed E-state index contributed by atoms with van der Waals surface area (Å²) in [7, 11) is 0. The quantitative estimate of drug-likeness (QED) is 0.734. The highest BCUT2D eigenvalue weighted by Crippen LogP contribution is 2.21. The lowest BCUT2D eigenvalue weighted by atomic mass is 10.2. The summed E-state index contributed by atoms with van der Waals surface area (Å²) in [4.78, 5) is 23.1. The summed E-state index contributed by atoms with van der Waals surface area (Å²) < 4.78 is 1.79. The van der Waals surface area contributed by atoms with Crippen LogP contribution in [0.4, 0.5) is 0 Å². The topological polar surface area (TPSA) is 80.4 Å². The number of nitrogens with zero attached hydrogens (tertiary/aromatic N) is 4. The Morgan fingerprint density at radius 1 is 1.22 bits per heavy atom. The number of hydrogen-bond donors (Lipinski definition) is 1. The van der Waals surface area contributed by atoms with Gasteiger partial charge in [0.05, 0.1) is 11.9 Å². The highest BCUT2D eigenvalue weighted by molar-refractivity contribution is 5.94. The van der Waals surface area contributed by atoms with Crippen molar-refractivity contribution < 1.29 is 9.90 Å². The van der Waals surface area contributed by atoms with Gasteiger partial charge < -0.3 is 5.11 Å². The van der Waals surface area contributed by atoms with Crippen LogP contribution in [-0.2, 0) is 0 Å². The lowest BCUT2D eigenvalue weighted by Gasteiger charge is -2.03. The van der Waals surface area contributed by atoms with E-state index in [2.05, 4.69) is 15.0 Å². The predicted molar refractivity (Wildman–Crippen MR) is 63.2 cm³/mol. The van der Waals surface area contributed by atoms with Crippen LogP contribution in [0, 0.1) is 0 Å². The molecule has 0 aliphatic rings. The third kappa shape index (κ3) is 1.51. The lowest BCUT2D eigenvalue weighted by molar-refractivity contribution is 0.0697. The van der Waals surface area contributed by atoms with Crippen molar-refractivity contribution in [1.82, 2.24) is 19.4 Å². The van der Waals surface area contributed by atoms with Crippen LogP contribution in [0.15, 0.2) is 43.1 Å². The highest BCUT2D eigenvalue weighted by atomic mass is 16.4. The second-order valence-electron chi connectivity index (χ2n) is 3.66. The molecule has 3 aromatic heterocycles. The number of carboxylic acid groups (broad SMARTS) is 1. The number of fused-ring (bicyclic) bond motifs is 1. The Morgan fingerprint density at radius 3 is 2.94 bits per heavy atom. The van der Waals surface area contributed by atoms with E-state index in [1.54, 1.807) is 10.6 Å². The van der Waals surface area contributed by atoms with Crippen molar-refractivity contribution in [2.75, 3.05) is 0 Å². The summed E-state index contributed by atoms with van der Waals surface area (Å²) in [6.45, 7) is 0. The van der Waals surface area contributed by atoms with E-state index in [1.165, 1.54) is 12.5 Å². The van der Waals surface area contributed by atoms with Gasteiger partial charge in [-0.2, -0.15) is 0 Å². The number of aromatic nitrogens is 4. The molecular weight excluding hydrogens is 232 g/mol. The Kier molecular flexibility index (Phi) is 2.26. The summed E-state index contributed by atoms with van der Waals surface area (Å²) in [5.74, 6) is -1.06. The Labute approximate surface area is 102 Å². The maximum Gasteiger partial charge on any atom is 0.339 e. The van der Waals surface area contributed by atoms with Gasteiger partial charge in [0.15, 0.2) is 0 Å². The van der Waals surface area contributed by atoms with E-state index in [1.807, 2.05) is 24.4 Å². The summed E-state index contributed by atoms with van der Waals surface area (Å²) >= 11 is 0. The SMILES string of the molecule is O=C(O)c1cncnc1-c1cnc2ccccn12. The summed E-state index contributed by atoms with van der Waals surface area (Å²) in [6.07, 6.45) is 6.02. The van der Waals surface area contributed by atoms with Crippen LogP contribution in [0.25, 0.3) is 17.0 Å². The monoisotopic (exact) mass is 240 g/mol. The first-order valence-corrected chi connectivity index (χ1v) is 5.23. The molecule has 0 fully saturated rings. The Bertz CT molecular complexity index is 736. The van der Waals surface area contributed by atoms with Gasteiger partial charge in [0, 0.05) is 12.4 Å². The Morgan fingerprint density at radius 2 is 2.11 bits per heavy atom. The normalized spacial score (nSPS) is 10.7. The molecule has 0 amide bonds. The summed E-state index contributed by atoms with van der Waals surface area (Å²) in [5.41, 5.74) is 1.78. The molecule has 3 heterocycles. The van der Waals surface area contributed by atoms with E-state index in [9.17, 15) is 4.79 Å². The van der Waals surface area contributed by atoms with Crippen LogP contribution in [0.2, 0.25) is 0 Å². The first-order chi connectivity index (χ1) is 8.77. The third-order valence-electron chi connectivity index (χ3n) is 2.60. The van der Waals surface area contributed by atoms with Crippen LogP contribution in [-0.4, -0.2) is 30.4 Å². The molecule has 0 radical (unpaired) electrons. The zero-order valence-electron chi connectivity index (χ0n) is 9.19. The predicted octanol–water partition coefficient (Wildman–Crippen LogP) is 1.49. The van der Waals surface area contributed by atoms with Gasteiger partial charge in [-0.3, -0.25) is 4.40 Å². The van der Waals surface area contributed by atoms with Gasteiger partial charge in [-0.1, -0.05) is 6.07 Å². The van der Waals surface area contributed by atoms with Crippen molar-refractivity contribution in [2.24, 2.45) is 0 Å². The zero-order valence-corrected chi connectivity index (χ0v) is 9.19. The molecule has 0 aliphatic carbocycles. The standard InChI is InChI=1S/C12H8N4O2/c17-12(18)8-5-13-7-15-11(8)9-6-14-10-3-1-2-4-16(9)10/h1-7H,(H,17,18). The number of carbonyl (C=O) groups is 1.